The van der Waals surface area contributed by atoms with E-state index in [1.165, 1.54) is 18.0 Å². The quantitative estimate of drug-likeness (QED) is 0.487. The van der Waals surface area contributed by atoms with Crippen LogP contribution in [0.4, 0.5) is 0 Å². The van der Waals surface area contributed by atoms with Gasteiger partial charge in [-0.3, -0.25) is 14.7 Å². The van der Waals surface area contributed by atoms with Crippen LogP contribution < -0.4 is 10.3 Å². The maximum Gasteiger partial charge on any atom is 0.280 e. The predicted molar refractivity (Wildman–Crippen MR) is 102 cm³/mol. The first-order chi connectivity index (χ1) is 13.1. The molecule has 0 aliphatic rings. The normalized spacial score (nSPS) is 10.7. The van der Waals surface area contributed by atoms with Crippen LogP contribution in [0.2, 0.25) is 0 Å². The van der Waals surface area contributed by atoms with Gasteiger partial charge in [-0.15, -0.1) is 0 Å². The van der Waals surface area contributed by atoms with E-state index in [1.54, 1.807) is 36.7 Å². The van der Waals surface area contributed by atoms with Crippen molar-refractivity contribution < 1.29 is 9.53 Å². The summed E-state index contributed by atoms with van der Waals surface area (Å²) in [5.41, 5.74) is 1.48. The van der Waals surface area contributed by atoms with Crippen molar-refractivity contribution >= 4 is 5.78 Å². The Morgan fingerprint density at radius 1 is 1.15 bits per heavy atom. The molecule has 27 heavy (non-hydrogen) atoms. The average Bonchev–Trinajstić information content (AvgIpc) is 3.09. The van der Waals surface area contributed by atoms with Crippen molar-refractivity contribution in [3.05, 3.63) is 58.8 Å². The lowest BCUT2D eigenvalue weighted by Gasteiger charge is -2.03. The Balaban J connectivity index is 1.80. The molecular formula is C20H22N4O3. The van der Waals surface area contributed by atoms with Gasteiger partial charge in [0.2, 0.25) is 5.88 Å². The Labute approximate surface area is 157 Å². The van der Waals surface area contributed by atoms with Crippen molar-refractivity contribution in [1.82, 2.24) is 19.7 Å². The lowest BCUT2D eigenvalue weighted by atomic mass is 10.1. The number of hydrogen-bond donors (Lipinski definition) is 1. The monoisotopic (exact) mass is 366 g/mol. The number of nitrogens with one attached hydrogen (secondary N) is 1. The van der Waals surface area contributed by atoms with Gasteiger partial charge in [-0.2, -0.15) is 0 Å². The van der Waals surface area contributed by atoms with E-state index in [0.717, 1.165) is 19.3 Å². The minimum absolute atomic E-state index is 0.0753. The number of ether oxygens (including phenoxy) is 1. The van der Waals surface area contributed by atoms with Crippen LogP contribution in [-0.2, 0) is 0 Å². The number of rotatable bonds is 8. The van der Waals surface area contributed by atoms with E-state index >= 15 is 0 Å². The summed E-state index contributed by atoms with van der Waals surface area (Å²) in [4.78, 5) is 33.2. The van der Waals surface area contributed by atoms with Crippen molar-refractivity contribution in [3.8, 4) is 22.8 Å². The number of carbonyl (C=O) groups is 1. The van der Waals surface area contributed by atoms with Crippen molar-refractivity contribution in [3.63, 3.8) is 0 Å². The molecule has 0 unspecified atom stereocenters. The summed E-state index contributed by atoms with van der Waals surface area (Å²) in [6.45, 7) is 2.10. The second-order valence-electron chi connectivity index (χ2n) is 6.20. The fourth-order valence-corrected chi connectivity index (χ4v) is 2.77. The molecule has 7 nitrogen and oxygen atoms in total. The molecule has 140 valence electrons. The van der Waals surface area contributed by atoms with E-state index in [2.05, 4.69) is 22.0 Å². The molecule has 0 aliphatic heterocycles. The van der Waals surface area contributed by atoms with Crippen LogP contribution in [0.1, 0.15) is 43.0 Å². The van der Waals surface area contributed by atoms with Gasteiger partial charge in [0.25, 0.3) is 5.56 Å². The van der Waals surface area contributed by atoms with Crippen LogP contribution in [0.3, 0.4) is 0 Å². The Hall–Kier alpha value is -3.22. The fourth-order valence-electron chi connectivity index (χ4n) is 2.77. The van der Waals surface area contributed by atoms with Gasteiger partial charge in [0, 0.05) is 42.2 Å². The van der Waals surface area contributed by atoms with Crippen LogP contribution in [0.15, 0.2) is 47.7 Å². The van der Waals surface area contributed by atoms with E-state index < -0.39 is 0 Å². The summed E-state index contributed by atoms with van der Waals surface area (Å²) in [6, 6.07) is 6.84. The summed E-state index contributed by atoms with van der Waals surface area (Å²) in [5, 5.41) is 2.91. The first kappa shape index (κ1) is 18.6. The molecule has 0 saturated carbocycles. The molecule has 0 aliphatic carbocycles. The summed E-state index contributed by atoms with van der Waals surface area (Å²) in [7, 11) is 1.54. The molecule has 0 atom stereocenters. The van der Waals surface area contributed by atoms with Gasteiger partial charge in [-0.25, -0.2) is 14.6 Å². The van der Waals surface area contributed by atoms with Gasteiger partial charge >= 0.3 is 0 Å². The molecule has 0 radical (unpaired) electrons. The van der Waals surface area contributed by atoms with Crippen LogP contribution >= 0.6 is 0 Å². The highest BCUT2D eigenvalue weighted by atomic mass is 16.5. The topological polar surface area (TPSA) is 89.9 Å². The van der Waals surface area contributed by atoms with E-state index in [4.69, 9.17) is 4.74 Å². The average molecular weight is 366 g/mol. The number of aromatic amines is 1. The van der Waals surface area contributed by atoms with Crippen molar-refractivity contribution in [2.24, 2.45) is 0 Å². The number of carbonyl (C=O) groups excluding carboxylic acids is 1. The fraction of sp³-hybridized carbons (Fsp3) is 0.300. The number of unbranched alkanes of at least 4 members (excludes halogenated alkanes) is 2. The predicted octanol–water partition coefficient (Wildman–Crippen LogP) is 3.39. The summed E-state index contributed by atoms with van der Waals surface area (Å²) >= 11 is 0. The molecule has 1 N–H and O–H groups in total. The lowest BCUT2D eigenvalue weighted by molar-refractivity contribution is 0.0979. The highest BCUT2D eigenvalue weighted by molar-refractivity contribution is 5.95. The number of aromatic nitrogens is 4. The Bertz CT molecular complexity index is 956. The maximum atomic E-state index is 12.7. The molecule has 0 fully saturated rings. The molecule has 0 aromatic carbocycles. The van der Waals surface area contributed by atoms with Gasteiger partial charge in [-0.05, 0) is 24.6 Å². The number of Topliss-reactive ketones (excluding diaryl/α,β-unsaturated/α-hetero) is 1. The second-order valence-corrected chi connectivity index (χ2v) is 6.20. The summed E-state index contributed by atoms with van der Waals surface area (Å²) < 4.78 is 6.37. The Morgan fingerprint density at radius 2 is 2.00 bits per heavy atom. The van der Waals surface area contributed by atoms with Gasteiger partial charge < -0.3 is 4.74 Å². The van der Waals surface area contributed by atoms with E-state index in [-0.39, 0.29) is 11.3 Å². The van der Waals surface area contributed by atoms with Crippen molar-refractivity contribution in [2.45, 2.75) is 32.6 Å². The number of ketones is 1. The summed E-state index contributed by atoms with van der Waals surface area (Å²) in [6.07, 6.45) is 8.23. The maximum absolute atomic E-state index is 12.7. The zero-order valence-electron chi connectivity index (χ0n) is 15.4. The zero-order valence-corrected chi connectivity index (χ0v) is 15.4. The smallest absolute Gasteiger partial charge is 0.280 e. The number of nitrogens with zero attached hydrogens (tertiary/aromatic N) is 3. The van der Waals surface area contributed by atoms with Crippen molar-refractivity contribution in [2.75, 3.05) is 7.11 Å². The number of methoxy groups -OCH3 is 1. The van der Waals surface area contributed by atoms with Crippen LogP contribution in [0, 0.1) is 0 Å². The molecule has 0 spiro atoms. The van der Waals surface area contributed by atoms with Crippen LogP contribution in [-0.4, -0.2) is 32.6 Å². The first-order valence-electron chi connectivity index (χ1n) is 8.94. The molecule has 3 rings (SSSR count). The van der Waals surface area contributed by atoms with Gasteiger partial charge in [0.05, 0.1) is 12.7 Å². The second kappa shape index (κ2) is 8.44. The largest absolute Gasteiger partial charge is 0.481 e. The van der Waals surface area contributed by atoms with Gasteiger partial charge in [-0.1, -0.05) is 19.8 Å². The molecule has 3 aromatic heterocycles. The summed E-state index contributed by atoms with van der Waals surface area (Å²) in [5.74, 6) is 0.986. The number of H-pyrrole nitrogens is 1. The third-order valence-electron chi connectivity index (χ3n) is 4.33. The molecule has 3 heterocycles. The van der Waals surface area contributed by atoms with E-state index in [9.17, 15) is 9.59 Å². The Kier molecular flexibility index (Phi) is 5.80. The number of hydrogen-bond acceptors (Lipinski definition) is 5. The van der Waals surface area contributed by atoms with E-state index in [0.29, 0.717) is 34.8 Å². The Morgan fingerprint density at radius 3 is 2.63 bits per heavy atom. The third-order valence-corrected chi connectivity index (χ3v) is 4.33. The van der Waals surface area contributed by atoms with Gasteiger partial charge in [0.1, 0.15) is 0 Å². The first-order valence-corrected chi connectivity index (χ1v) is 8.94. The standard InChI is InChI=1S/C20H22N4O3/c1-3-4-5-6-17(25)15-7-9-18(21-12-15)24-20(26)16(13-23-24)14-8-10-19(27-2)22-11-14/h7-13,23H,3-6H2,1-2H3. The lowest BCUT2D eigenvalue weighted by Crippen LogP contribution is -2.17. The molecular weight excluding hydrogens is 344 g/mol. The molecule has 0 bridgehead atoms. The minimum Gasteiger partial charge on any atom is -0.481 e. The highest BCUT2D eigenvalue weighted by Crippen LogP contribution is 2.17. The third kappa shape index (κ3) is 4.13. The molecule has 7 heteroatoms. The molecule has 3 aromatic rings. The van der Waals surface area contributed by atoms with E-state index in [1.807, 2.05) is 0 Å². The van der Waals surface area contributed by atoms with Crippen LogP contribution in [0.5, 0.6) is 5.88 Å². The number of pyridine rings is 2. The SMILES string of the molecule is CCCCCC(=O)c1ccc(-n2[nH]cc(-c3ccc(OC)nc3)c2=O)nc1. The van der Waals surface area contributed by atoms with Gasteiger partial charge in [0.15, 0.2) is 11.6 Å². The molecule has 0 amide bonds. The highest BCUT2D eigenvalue weighted by Gasteiger charge is 2.12. The molecule has 0 saturated heterocycles. The minimum atomic E-state index is -0.239. The van der Waals surface area contributed by atoms with Crippen LogP contribution in [0.25, 0.3) is 16.9 Å². The zero-order chi connectivity index (χ0) is 19.2. The van der Waals surface area contributed by atoms with Crippen molar-refractivity contribution in [1.29, 1.82) is 0 Å².